The third-order valence-corrected chi connectivity index (χ3v) is 6.51. The van der Waals surface area contributed by atoms with Crippen LogP contribution < -0.4 is 5.32 Å². The molecule has 1 atom stereocenters. The maximum atomic E-state index is 13.3. The molecule has 1 aromatic carbocycles. The third kappa shape index (κ3) is 3.73. The maximum absolute atomic E-state index is 13.3. The van der Waals surface area contributed by atoms with Gasteiger partial charge in [0.1, 0.15) is 0 Å². The van der Waals surface area contributed by atoms with Gasteiger partial charge in [0.15, 0.2) is 0 Å². The van der Waals surface area contributed by atoms with Gasteiger partial charge < -0.3 is 15.0 Å². The number of benzene rings is 1. The fourth-order valence-electron chi connectivity index (χ4n) is 3.15. The predicted molar refractivity (Wildman–Crippen MR) is 89.7 cm³/mol. The van der Waals surface area contributed by atoms with Gasteiger partial charge in [0, 0.05) is 32.7 Å². The van der Waals surface area contributed by atoms with Gasteiger partial charge in [0.2, 0.25) is 10.0 Å². The van der Waals surface area contributed by atoms with Gasteiger partial charge in [0.05, 0.1) is 29.7 Å². The maximum Gasteiger partial charge on any atom is 0.256 e. The molecule has 1 amide bonds. The summed E-state index contributed by atoms with van der Waals surface area (Å²) in [6.07, 6.45) is -2.82. The number of alkyl halides is 2. The summed E-state index contributed by atoms with van der Waals surface area (Å²) >= 11 is 0. The highest BCUT2D eigenvalue weighted by Gasteiger charge is 2.40. The van der Waals surface area contributed by atoms with Crippen LogP contribution in [0.5, 0.6) is 0 Å². The highest BCUT2D eigenvalue weighted by Crippen LogP contribution is 2.26. The van der Waals surface area contributed by atoms with Gasteiger partial charge >= 0.3 is 0 Å². The molecule has 2 fully saturated rings. The molecule has 7 nitrogen and oxygen atoms in total. The number of morpholine rings is 1. The van der Waals surface area contributed by atoms with E-state index in [1.54, 1.807) is 6.07 Å². The number of ether oxygens (including phenoxy) is 1. The van der Waals surface area contributed by atoms with Gasteiger partial charge in [-0.1, -0.05) is 12.1 Å². The van der Waals surface area contributed by atoms with Gasteiger partial charge in [-0.15, -0.1) is 0 Å². The average molecular weight is 389 g/mol. The second-order valence-corrected chi connectivity index (χ2v) is 7.98. The number of amides is 1. The zero-order valence-electron chi connectivity index (χ0n) is 14.1. The molecule has 0 bridgehead atoms. The van der Waals surface area contributed by atoms with Gasteiger partial charge in [-0.25, -0.2) is 17.2 Å². The first-order chi connectivity index (χ1) is 12.4. The number of halogens is 2. The summed E-state index contributed by atoms with van der Waals surface area (Å²) in [5.41, 5.74) is 0.000879. The lowest BCUT2D eigenvalue weighted by atomic mass is 10.2. The van der Waals surface area contributed by atoms with Crippen molar-refractivity contribution in [2.75, 3.05) is 45.9 Å². The lowest BCUT2D eigenvalue weighted by Crippen LogP contribution is -2.56. The normalized spacial score (nSPS) is 22.6. The van der Waals surface area contributed by atoms with E-state index in [0.717, 1.165) is 4.31 Å². The molecule has 0 spiro atoms. The molecule has 26 heavy (non-hydrogen) atoms. The van der Waals surface area contributed by atoms with Crippen LogP contribution in [0.3, 0.4) is 0 Å². The van der Waals surface area contributed by atoms with E-state index < -0.39 is 28.4 Å². The molecule has 1 aromatic rings. The van der Waals surface area contributed by atoms with Crippen LogP contribution in [0.2, 0.25) is 0 Å². The SMILES string of the molecule is O=C(c1ccccc1S(=O)(=O)N1CCNCC1C(F)F)N1CCOCC1. The molecule has 2 saturated heterocycles. The molecule has 0 aromatic heterocycles. The van der Waals surface area contributed by atoms with Crippen LogP contribution in [-0.4, -0.2) is 81.9 Å². The van der Waals surface area contributed by atoms with E-state index in [0.29, 0.717) is 26.3 Å². The largest absolute Gasteiger partial charge is 0.378 e. The van der Waals surface area contributed by atoms with Crippen LogP contribution in [0, 0.1) is 0 Å². The Kier molecular flexibility index (Phi) is 5.86. The minimum atomic E-state index is -4.24. The van der Waals surface area contributed by atoms with Crippen molar-refractivity contribution in [3.63, 3.8) is 0 Å². The van der Waals surface area contributed by atoms with E-state index in [4.69, 9.17) is 4.74 Å². The van der Waals surface area contributed by atoms with E-state index in [9.17, 15) is 22.0 Å². The van der Waals surface area contributed by atoms with Crippen molar-refractivity contribution in [2.45, 2.75) is 17.4 Å². The van der Waals surface area contributed by atoms with E-state index >= 15 is 0 Å². The number of hydrogen-bond donors (Lipinski definition) is 1. The highest BCUT2D eigenvalue weighted by molar-refractivity contribution is 7.89. The summed E-state index contributed by atoms with van der Waals surface area (Å²) in [5.74, 6) is -0.434. The Hall–Kier alpha value is -1.62. The lowest BCUT2D eigenvalue weighted by Gasteiger charge is -2.35. The van der Waals surface area contributed by atoms with Gasteiger partial charge in [0.25, 0.3) is 12.3 Å². The summed E-state index contributed by atoms with van der Waals surface area (Å²) in [4.78, 5) is 14.1. The van der Waals surface area contributed by atoms with E-state index in [2.05, 4.69) is 5.32 Å². The van der Waals surface area contributed by atoms with Crippen molar-refractivity contribution in [1.82, 2.24) is 14.5 Å². The summed E-state index contributed by atoms with van der Waals surface area (Å²) in [6.45, 7) is 1.56. The van der Waals surface area contributed by atoms with Crippen LogP contribution in [0.25, 0.3) is 0 Å². The molecular weight excluding hydrogens is 368 g/mol. The molecule has 2 aliphatic rings. The lowest BCUT2D eigenvalue weighted by molar-refractivity contribution is 0.0300. The smallest absolute Gasteiger partial charge is 0.256 e. The second-order valence-electron chi connectivity index (χ2n) is 6.12. The van der Waals surface area contributed by atoms with Crippen molar-refractivity contribution >= 4 is 15.9 Å². The van der Waals surface area contributed by atoms with Crippen LogP contribution in [0.15, 0.2) is 29.2 Å². The Labute approximate surface area is 151 Å². The molecular formula is C16H21F2N3O4S. The van der Waals surface area contributed by atoms with Gasteiger partial charge in [-0.05, 0) is 12.1 Å². The van der Waals surface area contributed by atoms with Crippen molar-refractivity contribution in [3.8, 4) is 0 Å². The molecule has 1 N–H and O–H groups in total. The molecule has 2 aliphatic heterocycles. The number of hydrogen-bond acceptors (Lipinski definition) is 5. The topological polar surface area (TPSA) is 79.0 Å². The Morgan fingerprint density at radius 1 is 1.19 bits per heavy atom. The third-order valence-electron chi connectivity index (χ3n) is 4.53. The molecule has 1 unspecified atom stereocenters. The predicted octanol–water partition coefficient (Wildman–Crippen LogP) is 0.387. The zero-order valence-corrected chi connectivity index (χ0v) is 14.9. The minimum absolute atomic E-state index is 0.000879. The number of sulfonamides is 1. The van der Waals surface area contributed by atoms with Crippen LogP contribution in [0.4, 0.5) is 8.78 Å². The number of rotatable bonds is 4. The average Bonchev–Trinajstić information content (AvgIpc) is 2.68. The Morgan fingerprint density at radius 3 is 2.58 bits per heavy atom. The van der Waals surface area contributed by atoms with Crippen molar-refractivity contribution in [2.24, 2.45) is 0 Å². The Bertz CT molecular complexity index is 754. The number of carbonyl (C=O) groups is 1. The number of carbonyl (C=O) groups excluding carboxylic acids is 1. The highest BCUT2D eigenvalue weighted by atomic mass is 32.2. The first-order valence-electron chi connectivity index (χ1n) is 8.39. The summed E-state index contributed by atoms with van der Waals surface area (Å²) in [7, 11) is -4.24. The van der Waals surface area contributed by atoms with Gasteiger partial charge in [-0.2, -0.15) is 4.31 Å². The van der Waals surface area contributed by atoms with Crippen molar-refractivity contribution in [1.29, 1.82) is 0 Å². The fourth-order valence-corrected chi connectivity index (χ4v) is 4.94. The van der Waals surface area contributed by atoms with Crippen molar-refractivity contribution in [3.05, 3.63) is 29.8 Å². The summed E-state index contributed by atoms with van der Waals surface area (Å²) < 4.78 is 58.8. The number of nitrogens with zero attached hydrogens (tertiary/aromatic N) is 2. The van der Waals surface area contributed by atoms with Crippen molar-refractivity contribution < 1.29 is 26.7 Å². The molecule has 0 aliphatic carbocycles. The second kappa shape index (κ2) is 7.95. The van der Waals surface area contributed by atoms with E-state index in [1.807, 2.05) is 0 Å². The monoisotopic (exact) mass is 389 g/mol. The summed E-state index contributed by atoms with van der Waals surface area (Å²) in [5, 5.41) is 2.78. The van der Waals surface area contributed by atoms with Crippen LogP contribution >= 0.6 is 0 Å². The molecule has 10 heteroatoms. The van der Waals surface area contributed by atoms with Crippen LogP contribution in [0.1, 0.15) is 10.4 Å². The van der Waals surface area contributed by atoms with E-state index in [1.165, 1.54) is 23.1 Å². The Balaban J connectivity index is 1.96. The molecule has 144 valence electrons. The first kappa shape index (κ1) is 19.2. The standard InChI is InChI=1S/C16H21F2N3O4S/c17-15(18)13-11-19-5-6-21(13)26(23,24)14-4-2-1-3-12(14)16(22)20-7-9-25-10-8-20/h1-4,13,15,19H,5-11H2. The molecule has 0 saturated carbocycles. The minimum Gasteiger partial charge on any atom is -0.378 e. The molecule has 2 heterocycles. The zero-order chi connectivity index (χ0) is 18.7. The molecule has 3 rings (SSSR count). The van der Waals surface area contributed by atoms with E-state index in [-0.39, 0.29) is 30.1 Å². The number of nitrogens with one attached hydrogen (secondary N) is 1. The summed E-state index contributed by atoms with van der Waals surface area (Å²) in [6, 6.07) is 4.32. The van der Waals surface area contributed by atoms with Gasteiger partial charge in [-0.3, -0.25) is 4.79 Å². The Morgan fingerprint density at radius 2 is 1.88 bits per heavy atom. The number of piperazine rings is 1. The van der Waals surface area contributed by atoms with Crippen LogP contribution in [-0.2, 0) is 14.8 Å². The fraction of sp³-hybridized carbons (Fsp3) is 0.562. The quantitative estimate of drug-likeness (QED) is 0.806. The molecule has 0 radical (unpaired) electrons. The first-order valence-corrected chi connectivity index (χ1v) is 9.83.